The van der Waals surface area contributed by atoms with Gasteiger partial charge in [0.1, 0.15) is 0 Å². The Morgan fingerprint density at radius 1 is 1.17 bits per heavy atom. The molecule has 1 saturated heterocycles. The molecular weight excluding hydrogens is 333 g/mol. The molecule has 1 aromatic rings. The Morgan fingerprint density at radius 2 is 1.74 bits per heavy atom. The van der Waals surface area contributed by atoms with Gasteiger partial charge in [0.25, 0.3) is 0 Å². The SMILES string of the molecule is O=C(NCc1ccc(Cl)cc1)C1CCN(C(=O)C(F)(F)F)CC1. The molecule has 23 heavy (non-hydrogen) atoms. The number of rotatable bonds is 3. The highest BCUT2D eigenvalue weighted by molar-refractivity contribution is 6.30. The Morgan fingerprint density at radius 3 is 2.26 bits per heavy atom. The van der Waals surface area contributed by atoms with Gasteiger partial charge in [0.05, 0.1) is 0 Å². The Kier molecular flexibility index (Phi) is 5.51. The molecule has 0 radical (unpaired) electrons. The van der Waals surface area contributed by atoms with Crippen molar-refractivity contribution in [3.63, 3.8) is 0 Å². The molecule has 1 aliphatic heterocycles. The minimum Gasteiger partial charge on any atom is -0.352 e. The zero-order chi connectivity index (χ0) is 17.0. The first-order valence-electron chi connectivity index (χ1n) is 7.15. The molecule has 0 spiro atoms. The zero-order valence-electron chi connectivity index (χ0n) is 12.2. The lowest BCUT2D eigenvalue weighted by molar-refractivity contribution is -0.186. The third-order valence-corrected chi connectivity index (χ3v) is 4.03. The molecule has 0 aliphatic carbocycles. The molecule has 2 rings (SSSR count). The molecule has 8 heteroatoms. The van der Waals surface area contributed by atoms with Gasteiger partial charge in [0.2, 0.25) is 5.91 Å². The van der Waals surface area contributed by atoms with Crippen LogP contribution in [0, 0.1) is 5.92 Å². The molecule has 1 aromatic carbocycles. The summed E-state index contributed by atoms with van der Waals surface area (Å²) < 4.78 is 37.0. The Hall–Kier alpha value is -1.76. The summed E-state index contributed by atoms with van der Waals surface area (Å²) in [5.41, 5.74) is 0.882. The number of nitrogens with zero attached hydrogens (tertiary/aromatic N) is 1. The number of carbonyl (C=O) groups excluding carboxylic acids is 2. The van der Waals surface area contributed by atoms with Gasteiger partial charge in [-0.25, -0.2) is 0 Å². The molecule has 0 bridgehead atoms. The van der Waals surface area contributed by atoms with E-state index in [9.17, 15) is 22.8 Å². The largest absolute Gasteiger partial charge is 0.471 e. The predicted molar refractivity (Wildman–Crippen MR) is 78.7 cm³/mol. The maximum atomic E-state index is 12.3. The van der Waals surface area contributed by atoms with Crippen molar-refractivity contribution in [1.29, 1.82) is 0 Å². The summed E-state index contributed by atoms with van der Waals surface area (Å²) in [6, 6.07) is 7.00. The summed E-state index contributed by atoms with van der Waals surface area (Å²) in [5.74, 6) is -2.42. The van der Waals surface area contributed by atoms with Crippen LogP contribution >= 0.6 is 11.6 Å². The number of benzene rings is 1. The van der Waals surface area contributed by atoms with Crippen molar-refractivity contribution in [3.8, 4) is 0 Å². The number of amides is 2. The van der Waals surface area contributed by atoms with Crippen LogP contribution in [0.5, 0.6) is 0 Å². The number of hydrogen-bond acceptors (Lipinski definition) is 2. The van der Waals surface area contributed by atoms with Gasteiger partial charge in [-0.05, 0) is 30.5 Å². The second-order valence-corrected chi connectivity index (χ2v) is 5.84. The van der Waals surface area contributed by atoms with E-state index in [4.69, 9.17) is 11.6 Å². The summed E-state index contributed by atoms with van der Waals surface area (Å²) in [4.78, 5) is 23.9. The van der Waals surface area contributed by atoms with E-state index in [1.54, 1.807) is 24.3 Å². The molecule has 1 aliphatic rings. The summed E-state index contributed by atoms with van der Waals surface area (Å²) in [5, 5.41) is 3.35. The quantitative estimate of drug-likeness (QED) is 0.913. The highest BCUT2D eigenvalue weighted by atomic mass is 35.5. The van der Waals surface area contributed by atoms with Crippen LogP contribution in [0.1, 0.15) is 18.4 Å². The number of hydrogen-bond donors (Lipinski definition) is 1. The zero-order valence-corrected chi connectivity index (χ0v) is 13.0. The van der Waals surface area contributed by atoms with Gasteiger partial charge in [0, 0.05) is 30.6 Å². The average Bonchev–Trinajstić information content (AvgIpc) is 2.52. The lowest BCUT2D eigenvalue weighted by Crippen LogP contribution is -2.47. The second kappa shape index (κ2) is 7.21. The summed E-state index contributed by atoms with van der Waals surface area (Å²) in [6.45, 7) is 0.215. The number of alkyl halides is 3. The number of likely N-dealkylation sites (tertiary alicyclic amines) is 1. The van der Waals surface area contributed by atoms with Crippen molar-refractivity contribution < 1.29 is 22.8 Å². The summed E-state index contributed by atoms with van der Waals surface area (Å²) in [6.07, 6.45) is -4.40. The van der Waals surface area contributed by atoms with Crippen molar-refractivity contribution in [2.45, 2.75) is 25.6 Å². The maximum Gasteiger partial charge on any atom is 0.471 e. The molecule has 2 amide bonds. The van der Waals surface area contributed by atoms with E-state index in [1.807, 2.05) is 0 Å². The first-order chi connectivity index (χ1) is 10.8. The van der Waals surface area contributed by atoms with Crippen LogP contribution in [-0.4, -0.2) is 36.0 Å². The van der Waals surface area contributed by atoms with Gasteiger partial charge >= 0.3 is 12.1 Å². The highest BCUT2D eigenvalue weighted by Gasteiger charge is 2.43. The van der Waals surface area contributed by atoms with Gasteiger partial charge in [-0.3, -0.25) is 9.59 Å². The van der Waals surface area contributed by atoms with Gasteiger partial charge in [-0.2, -0.15) is 13.2 Å². The lowest BCUT2D eigenvalue weighted by Gasteiger charge is -2.31. The van der Waals surface area contributed by atoms with Crippen molar-refractivity contribution in [2.24, 2.45) is 5.92 Å². The second-order valence-electron chi connectivity index (χ2n) is 5.41. The van der Waals surface area contributed by atoms with Gasteiger partial charge in [-0.1, -0.05) is 23.7 Å². The van der Waals surface area contributed by atoms with Crippen LogP contribution < -0.4 is 5.32 Å². The Labute approximate surface area is 136 Å². The topological polar surface area (TPSA) is 49.4 Å². The fourth-order valence-corrected chi connectivity index (χ4v) is 2.59. The minimum absolute atomic E-state index is 0.0582. The Balaban J connectivity index is 1.79. The van der Waals surface area contributed by atoms with Crippen LogP contribution in [0.25, 0.3) is 0 Å². The smallest absolute Gasteiger partial charge is 0.352 e. The van der Waals surface area contributed by atoms with E-state index >= 15 is 0 Å². The van der Waals surface area contributed by atoms with E-state index < -0.39 is 12.1 Å². The third kappa shape index (κ3) is 4.86. The number of halogens is 4. The van der Waals surface area contributed by atoms with E-state index in [1.165, 1.54) is 0 Å². The molecule has 0 saturated carbocycles. The van der Waals surface area contributed by atoms with Crippen molar-refractivity contribution in [2.75, 3.05) is 13.1 Å². The molecule has 4 nitrogen and oxygen atoms in total. The normalized spacial score (nSPS) is 16.3. The number of piperidine rings is 1. The molecule has 1 fully saturated rings. The van der Waals surface area contributed by atoms with E-state index in [0.717, 1.165) is 10.5 Å². The van der Waals surface area contributed by atoms with Crippen molar-refractivity contribution in [1.82, 2.24) is 10.2 Å². The van der Waals surface area contributed by atoms with Crippen LogP contribution in [0.4, 0.5) is 13.2 Å². The predicted octanol–water partition coefficient (Wildman–Crippen LogP) is 2.76. The monoisotopic (exact) mass is 348 g/mol. The fraction of sp³-hybridized carbons (Fsp3) is 0.467. The minimum atomic E-state index is -4.86. The van der Waals surface area contributed by atoms with Crippen LogP contribution in [0.3, 0.4) is 0 Å². The van der Waals surface area contributed by atoms with E-state index in [2.05, 4.69) is 5.32 Å². The molecule has 1 N–H and O–H groups in total. The third-order valence-electron chi connectivity index (χ3n) is 3.78. The Bertz CT molecular complexity index is 567. The van der Waals surface area contributed by atoms with Crippen LogP contribution in [0.15, 0.2) is 24.3 Å². The number of carbonyl (C=O) groups is 2. The van der Waals surface area contributed by atoms with E-state index in [-0.39, 0.29) is 37.8 Å². The van der Waals surface area contributed by atoms with Gasteiger partial charge < -0.3 is 10.2 Å². The molecule has 0 aromatic heterocycles. The first-order valence-corrected chi connectivity index (χ1v) is 7.53. The molecule has 1 heterocycles. The standard InChI is InChI=1S/C15H16ClF3N2O2/c16-12-3-1-10(2-4-12)9-20-13(22)11-5-7-21(8-6-11)14(23)15(17,18)19/h1-4,11H,5-9H2,(H,20,22). The maximum absolute atomic E-state index is 12.3. The number of nitrogens with one attached hydrogen (secondary N) is 1. The lowest BCUT2D eigenvalue weighted by atomic mass is 9.95. The first kappa shape index (κ1) is 17.6. The van der Waals surface area contributed by atoms with Gasteiger partial charge in [0.15, 0.2) is 0 Å². The molecule has 126 valence electrons. The van der Waals surface area contributed by atoms with Crippen LogP contribution in [-0.2, 0) is 16.1 Å². The highest BCUT2D eigenvalue weighted by Crippen LogP contribution is 2.24. The molecular formula is C15H16ClF3N2O2. The summed E-state index contributed by atoms with van der Waals surface area (Å²) >= 11 is 5.77. The van der Waals surface area contributed by atoms with Crippen LogP contribution in [0.2, 0.25) is 5.02 Å². The molecule has 0 unspecified atom stereocenters. The fourth-order valence-electron chi connectivity index (χ4n) is 2.46. The van der Waals surface area contributed by atoms with Crippen molar-refractivity contribution in [3.05, 3.63) is 34.9 Å². The van der Waals surface area contributed by atoms with E-state index in [0.29, 0.717) is 11.6 Å². The average molecular weight is 349 g/mol. The van der Waals surface area contributed by atoms with Gasteiger partial charge in [-0.15, -0.1) is 0 Å². The summed E-state index contributed by atoms with van der Waals surface area (Å²) in [7, 11) is 0. The van der Waals surface area contributed by atoms with Crippen molar-refractivity contribution >= 4 is 23.4 Å². The molecule has 0 atom stereocenters.